The number of carbonyl (C=O) groups is 16. The molecule has 0 atom stereocenters. The Kier molecular flexibility index (Phi) is 54.5. The molecular weight excluding hydrogens is 1050 g/mol. The maximum atomic E-state index is 10.5. The summed E-state index contributed by atoms with van der Waals surface area (Å²) < 4.78 is 71.3. The van der Waals surface area contributed by atoms with Crippen LogP contribution >= 0.6 is 0 Å². The molecule has 0 heterocycles. The fraction of sp³-hybridized carbons (Fsp3) is 0.500. The third-order valence-corrected chi connectivity index (χ3v) is 5.39. The van der Waals surface area contributed by atoms with Crippen LogP contribution in [0.25, 0.3) is 0 Å². The van der Waals surface area contributed by atoms with Gasteiger partial charge in [0.2, 0.25) is 0 Å². The molecule has 0 aliphatic heterocycles. The minimum absolute atomic E-state index is 0. The minimum atomic E-state index is -2.41. The Bertz CT molecular complexity index is 1490. The number of hydrogen-bond donors (Lipinski definition) is 0. The van der Waals surface area contributed by atoms with E-state index in [9.17, 15) is 76.7 Å². The van der Waals surface area contributed by atoms with Crippen LogP contribution in [0.15, 0.2) is 12.7 Å². The summed E-state index contributed by atoms with van der Waals surface area (Å²) in [6, 6.07) is 0. The molecule has 0 N–H and O–H groups in total. The first kappa shape index (κ1) is 85.3. The topological polar surface area (TPSA) is 421 Å². The Morgan fingerprint density at radius 3 is 0.408 bits per heavy atom. The number of hydrogen-bond acceptors (Lipinski definition) is 32. The summed E-state index contributed by atoms with van der Waals surface area (Å²) in [7, 11) is -12.0. The molecule has 0 aliphatic rings. The van der Waals surface area contributed by atoms with E-state index < -0.39 is 132 Å². The zero-order chi connectivity index (χ0) is 59.6. The molecule has 0 aromatic heterocycles. The smallest absolute Gasteiger partial charge is 0.625 e. The fourth-order valence-corrected chi connectivity index (χ4v) is 3.27. The molecule has 0 saturated carbocycles. The summed E-state index contributed by atoms with van der Waals surface area (Å²) in [6.45, 7) is 25.5. The van der Waals surface area contributed by atoms with Gasteiger partial charge in [0, 0.05) is 110 Å². The molecular formula is C38H62B5NaO32. The minimum Gasteiger partial charge on any atom is -0.625 e. The Balaban J connectivity index is -0.000000121. The second kappa shape index (κ2) is 48.5. The zero-order valence-corrected chi connectivity index (χ0v) is 47.9. The molecule has 38 heteroatoms. The van der Waals surface area contributed by atoms with Gasteiger partial charge in [-0.3, -0.25) is 71.9 Å². The largest absolute Gasteiger partial charge is 4.00 e. The van der Waals surface area contributed by atoms with E-state index in [0.29, 0.717) is 0 Å². The predicted molar refractivity (Wildman–Crippen MR) is 252 cm³/mol. The van der Waals surface area contributed by atoms with Crippen LogP contribution in [-0.4, -0.2) is 138 Å². The summed E-state index contributed by atoms with van der Waals surface area (Å²) in [4.78, 5) is 167. The second-order valence-electron chi connectivity index (χ2n) is 14.0. The Morgan fingerprint density at radius 2 is 0.368 bits per heavy atom. The van der Waals surface area contributed by atoms with Crippen LogP contribution in [0.5, 0.6) is 0 Å². The van der Waals surface area contributed by atoms with Gasteiger partial charge in [0.25, 0.3) is 89.5 Å². The first-order chi connectivity index (χ1) is 33.5. The van der Waals surface area contributed by atoms with Gasteiger partial charge < -0.3 is 74.6 Å². The molecule has 0 spiro atoms. The van der Waals surface area contributed by atoms with Crippen molar-refractivity contribution in [1.82, 2.24) is 0 Å². The van der Waals surface area contributed by atoms with E-state index in [-0.39, 0.29) is 43.0 Å². The first-order valence-electron chi connectivity index (χ1n) is 20.8. The van der Waals surface area contributed by atoms with E-state index in [0.717, 1.165) is 110 Å². The van der Waals surface area contributed by atoms with Gasteiger partial charge in [-0.05, 0) is 20.8 Å². The van der Waals surface area contributed by atoms with Gasteiger partial charge >= 0.3 is 79.6 Å². The Hall–Kier alpha value is -7.42. The van der Waals surface area contributed by atoms with Crippen molar-refractivity contribution in [2.45, 2.75) is 130 Å². The summed E-state index contributed by atoms with van der Waals surface area (Å²) in [6.07, 6.45) is 1.16. The van der Waals surface area contributed by atoms with Crippen LogP contribution in [0, 0.1) is 7.43 Å². The maximum absolute atomic E-state index is 10.5. The summed E-state index contributed by atoms with van der Waals surface area (Å²) >= 11 is 0. The van der Waals surface area contributed by atoms with Crippen molar-refractivity contribution < 1.29 is 181 Å². The number of ether oxygens (including phenoxy) is 1. The monoisotopic (exact) mass is 1110 g/mol. The van der Waals surface area contributed by atoms with Crippen molar-refractivity contribution in [2.24, 2.45) is 0 Å². The molecule has 0 unspecified atom stereocenters. The molecule has 0 radical (unpaired) electrons. The third-order valence-electron chi connectivity index (χ3n) is 5.39. The van der Waals surface area contributed by atoms with Crippen LogP contribution in [0.1, 0.15) is 125 Å². The number of rotatable bonds is 16. The molecule has 422 valence electrons. The van der Waals surface area contributed by atoms with Crippen molar-refractivity contribution in [1.29, 1.82) is 0 Å². The van der Waals surface area contributed by atoms with E-state index in [1.54, 1.807) is 0 Å². The van der Waals surface area contributed by atoms with E-state index in [2.05, 4.69) is 76.4 Å². The van der Waals surface area contributed by atoms with Crippen molar-refractivity contribution in [3.05, 3.63) is 20.1 Å². The van der Waals surface area contributed by atoms with E-state index in [4.69, 9.17) is 4.74 Å². The molecule has 0 amide bonds. The average molecular weight is 1110 g/mol. The van der Waals surface area contributed by atoms with Gasteiger partial charge in [-0.2, -0.15) is 0 Å². The average Bonchev–Trinajstić information content (AvgIpc) is 3.11. The number of carbonyl (C=O) groups excluding carboxylic acids is 16. The van der Waals surface area contributed by atoms with Gasteiger partial charge in [-0.1, -0.05) is 6.58 Å². The van der Waals surface area contributed by atoms with Crippen LogP contribution in [-0.2, 0) is 151 Å². The number of esters is 1. The first-order valence-corrected chi connectivity index (χ1v) is 20.8. The van der Waals surface area contributed by atoms with Gasteiger partial charge in [0.15, 0.2) is 0 Å². The molecule has 76 heavy (non-hydrogen) atoms. The van der Waals surface area contributed by atoms with Crippen LogP contribution in [0.2, 0.25) is 0 Å². The van der Waals surface area contributed by atoms with Crippen LogP contribution in [0.3, 0.4) is 0 Å². The van der Waals surface area contributed by atoms with Gasteiger partial charge in [-0.15, -0.1) is 0 Å². The Labute approximate surface area is 461 Å². The summed E-state index contributed by atoms with van der Waals surface area (Å²) in [5.74, 6) is -10.5. The summed E-state index contributed by atoms with van der Waals surface area (Å²) in [5.41, 5.74) is -0.398. The molecule has 0 aromatic carbocycles. The molecule has 0 aromatic rings. The molecule has 0 saturated heterocycles. The third kappa shape index (κ3) is 80.7. The maximum Gasteiger partial charge on any atom is 4.00 e. The normalized spacial score (nSPS) is 9.14. The van der Waals surface area contributed by atoms with Crippen LogP contribution in [0.4, 0.5) is 0 Å². The van der Waals surface area contributed by atoms with Crippen molar-refractivity contribution in [3.8, 4) is 0 Å². The molecule has 0 bridgehead atoms. The van der Waals surface area contributed by atoms with E-state index in [1.165, 1.54) is 0 Å². The van der Waals surface area contributed by atoms with E-state index >= 15 is 0 Å². The zero-order valence-electron chi connectivity index (χ0n) is 45.9. The second-order valence-corrected chi connectivity index (χ2v) is 14.0. The quantitative estimate of drug-likeness (QED) is 0.0609. The van der Waals surface area contributed by atoms with Gasteiger partial charge in [0.05, 0.1) is 0 Å². The fourth-order valence-electron chi connectivity index (χ4n) is 3.27. The molecule has 32 nitrogen and oxygen atoms in total. The molecule has 0 aliphatic carbocycles. The van der Waals surface area contributed by atoms with E-state index in [1.807, 2.05) is 20.8 Å². The van der Waals surface area contributed by atoms with Crippen molar-refractivity contribution >= 4 is 132 Å². The molecule has 0 rings (SSSR count). The van der Waals surface area contributed by atoms with Crippen LogP contribution < -0.4 is 29.6 Å². The van der Waals surface area contributed by atoms with Gasteiger partial charge in [0.1, 0.15) is 5.60 Å². The van der Waals surface area contributed by atoms with Gasteiger partial charge in [-0.25, -0.2) is 4.79 Å². The van der Waals surface area contributed by atoms with Crippen molar-refractivity contribution in [2.75, 3.05) is 0 Å². The predicted octanol–water partition coefficient (Wildman–Crippen LogP) is -4.44. The molecule has 0 fully saturated rings. The SMILES string of the molecule is C=CC(=O)OC(C)(C)C.CC(=O)O[BH-](OC(C)=O)OC(C)=O.CC(=O)O[BH-](OC(C)=O)OC(C)=O.CC(=O)O[BH-](OC(C)=O)OC(C)=O.CC(=O)O[BH-](OC(C)=O)OC(C)=O.CC(=O)O[BH-](OC(C)=O)OC(C)=O.[C+4].[Na+]. The Morgan fingerprint density at radius 1 is 0.276 bits per heavy atom. The summed E-state index contributed by atoms with van der Waals surface area (Å²) in [5, 5.41) is 0. The van der Waals surface area contributed by atoms with Crippen molar-refractivity contribution in [3.63, 3.8) is 0 Å². The standard InChI is InChI=1S/C7H12O2.5C6H10BO6.C.Na/c1-5-6(8)9-7(2,3)4;5*1-4(8)11-7(12-5(2)9)13-6(3)10;;/h5H,1H2,2-4H3;5*7H,1-3H3;;/q;5*-1;+4;+1.